The Morgan fingerprint density at radius 2 is 1.54 bits per heavy atom. The van der Waals surface area contributed by atoms with Gasteiger partial charge in [-0.3, -0.25) is 0 Å². The largest absolute Gasteiger partial charge is 0.492 e. The molecule has 0 amide bonds. The van der Waals surface area contributed by atoms with E-state index in [4.69, 9.17) is 30.5 Å². The number of aliphatic carboxylic acids is 1. The molecule has 0 atom stereocenters. The molecule has 0 bridgehead atoms. The van der Waals surface area contributed by atoms with Crippen LogP contribution in [0, 0.1) is 0 Å². The first-order valence-corrected chi connectivity index (χ1v) is 13.7. The fourth-order valence-electron chi connectivity index (χ4n) is 3.57. The third-order valence-electron chi connectivity index (χ3n) is 5.71. The van der Waals surface area contributed by atoms with Crippen LogP contribution >= 0.6 is 11.6 Å². The van der Waals surface area contributed by atoms with Crippen LogP contribution in [0.15, 0.2) is 42.0 Å². The molecule has 0 radical (unpaired) electrons. The third kappa shape index (κ3) is 11.5. The lowest BCUT2D eigenvalue weighted by molar-refractivity contribution is -0.132. The molecular formula is C30H41ClO6. The van der Waals surface area contributed by atoms with Gasteiger partial charge in [0.15, 0.2) is 11.5 Å². The average molecular weight is 533 g/mol. The lowest BCUT2D eigenvalue weighted by Gasteiger charge is -2.14. The van der Waals surface area contributed by atoms with Gasteiger partial charge in [-0.15, -0.1) is 0 Å². The average Bonchev–Trinajstić information content (AvgIpc) is 2.88. The number of benzene rings is 2. The molecule has 0 aromatic heterocycles. The molecule has 0 aliphatic carbocycles. The van der Waals surface area contributed by atoms with E-state index in [1.165, 1.54) is 0 Å². The van der Waals surface area contributed by atoms with Crippen LogP contribution in [0.1, 0.15) is 70.4 Å². The van der Waals surface area contributed by atoms with Crippen molar-refractivity contribution < 1.29 is 28.8 Å². The number of hydrogen-bond acceptors (Lipinski definition) is 5. The maximum atomic E-state index is 11.7. The first kappa shape index (κ1) is 30.5. The zero-order chi connectivity index (χ0) is 26.9. The zero-order valence-electron chi connectivity index (χ0n) is 22.4. The molecular weight excluding hydrogens is 492 g/mol. The van der Waals surface area contributed by atoms with Crippen molar-refractivity contribution in [3.05, 3.63) is 58.1 Å². The van der Waals surface area contributed by atoms with Crippen molar-refractivity contribution in [1.82, 2.24) is 0 Å². The van der Waals surface area contributed by atoms with Crippen LogP contribution in [0.5, 0.6) is 17.2 Å². The minimum absolute atomic E-state index is 0.288. The number of rotatable bonds is 19. The molecule has 0 aliphatic heterocycles. The summed E-state index contributed by atoms with van der Waals surface area (Å²) in [6.07, 6.45) is 7.90. The molecule has 0 saturated carbocycles. The van der Waals surface area contributed by atoms with Gasteiger partial charge in [-0.05, 0) is 61.2 Å². The van der Waals surface area contributed by atoms with E-state index in [9.17, 15) is 9.90 Å². The highest BCUT2D eigenvalue weighted by Gasteiger charge is 2.11. The molecule has 0 saturated heterocycles. The molecule has 1 N–H and O–H groups in total. The Hall–Kier alpha value is -2.70. The predicted octanol–water partition coefficient (Wildman–Crippen LogP) is 7.60. The summed E-state index contributed by atoms with van der Waals surface area (Å²) in [6, 6.07) is 11.3. The van der Waals surface area contributed by atoms with Gasteiger partial charge in [0, 0.05) is 25.0 Å². The number of ether oxygens (including phenoxy) is 4. The van der Waals surface area contributed by atoms with Gasteiger partial charge >= 0.3 is 5.97 Å². The Labute approximate surface area is 226 Å². The Morgan fingerprint density at radius 1 is 0.838 bits per heavy atom. The van der Waals surface area contributed by atoms with E-state index in [1.807, 2.05) is 43.3 Å². The molecule has 0 heterocycles. The van der Waals surface area contributed by atoms with Crippen LogP contribution in [-0.2, 0) is 16.0 Å². The molecule has 0 aliphatic rings. The number of carboxylic acid groups (broad SMARTS) is 1. The van der Waals surface area contributed by atoms with Crippen molar-refractivity contribution in [3.63, 3.8) is 0 Å². The van der Waals surface area contributed by atoms with Crippen molar-refractivity contribution in [3.8, 4) is 17.2 Å². The molecule has 0 fully saturated rings. The van der Waals surface area contributed by atoms with Crippen molar-refractivity contribution in [2.24, 2.45) is 0 Å². The molecule has 2 aromatic carbocycles. The lowest BCUT2D eigenvalue weighted by atomic mass is 10.1. The second-order valence-electron chi connectivity index (χ2n) is 8.75. The van der Waals surface area contributed by atoms with E-state index in [2.05, 4.69) is 13.8 Å². The molecule has 7 heteroatoms. The Kier molecular flexibility index (Phi) is 14.6. The smallest absolute Gasteiger partial charge is 0.331 e. The van der Waals surface area contributed by atoms with Gasteiger partial charge in [0.2, 0.25) is 0 Å². The monoisotopic (exact) mass is 532 g/mol. The van der Waals surface area contributed by atoms with Crippen molar-refractivity contribution in [2.75, 3.05) is 33.0 Å². The van der Waals surface area contributed by atoms with Crippen LogP contribution in [0.25, 0.3) is 6.08 Å². The van der Waals surface area contributed by atoms with E-state index >= 15 is 0 Å². The summed E-state index contributed by atoms with van der Waals surface area (Å²) in [7, 11) is 0. The number of hydrogen-bond donors (Lipinski definition) is 1. The van der Waals surface area contributed by atoms with Crippen LogP contribution in [0.4, 0.5) is 0 Å². The van der Waals surface area contributed by atoms with Gasteiger partial charge < -0.3 is 24.1 Å². The summed E-state index contributed by atoms with van der Waals surface area (Å²) >= 11 is 6.41. The van der Waals surface area contributed by atoms with E-state index in [0.29, 0.717) is 68.1 Å². The molecule has 0 unspecified atom stereocenters. The fourth-order valence-corrected chi connectivity index (χ4v) is 3.83. The molecule has 6 nitrogen and oxygen atoms in total. The predicted molar refractivity (Wildman–Crippen MR) is 149 cm³/mol. The van der Waals surface area contributed by atoms with E-state index in [0.717, 1.165) is 43.2 Å². The van der Waals surface area contributed by atoms with Gasteiger partial charge in [0.05, 0.1) is 31.5 Å². The summed E-state index contributed by atoms with van der Waals surface area (Å²) in [5, 5.41) is 10.2. The normalized spacial score (nSPS) is 11.4. The highest BCUT2D eigenvalue weighted by molar-refractivity contribution is 6.32. The summed E-state index contributed by atoms with van der Waals surface area (Å²) in [4.78, 5) is 11.7. The van der Waals surface area contributed by atoms with Gasteiger partial charge in [0.25, 0.3) is 0 Å². The summed E-state index contributed by atoms with van der Waals surface area (Å²) < 4.78 is 23.2. The Balaban J connectivity index is 2.05. The summed E-state index contributed by atoms with van der Waals surface area (Å²) in [5.74, 6) is 0.983. The molecule has 37 heavy (non-hydrogen) atoms. The lowest BCUT2D eigenvalue weighted by Crippen LogP contribution is -2.06. The number of carbonyl (C=O) groups is 1. The number of carboxylic acids is 1. The van der Waals surface area contributed by atoms with Crippen LogP contribution in [0.2, 0.25) is 5.02 Å². The summed E-state index contributed by atoms with van der Waals surface area (Å²) in [6.45, 7) is 8.74. The van der Waals surface area contributed by atoms with E-state index in [1.54, 1.807) is 6.08 Å². The number of unbranched alkanes of at least 4 members (excludes halogenated alkanes) is 3. The SMILES string of the molecule is CCCCCOc1ccc(CCOc2ccc(/C=C(/CCOCC)C(=O)O)cc2OCCCC)cc1Cl. The molecule has 0 spiro atoms. The van der Waals surface area contributed by atoms with Gasteiger partial charge in [-0.2, -0.15) is 0 Å². The van der Waals surface area contributed by atoms with Gasteiger partial charge in [-0.25, -0.2) is 4.79 Å². The van der Waals surface area contributed by atoms with E-state index in [-0.39, 0.29) is 5.57 Å². The van der Waals surface area contributed by atoms with Crippen LogP contribution in [-0.4, -0.2) is 44.1 Å². The van der Waals surface area contributed by atoms with Crippen molar-refractivity contribution >= 4 is 23.6 Å². The van der Waals surface area contributed by atoms with Gasteiger partial charge in [-0.1, -0.05) is 56.8 Å². The second-order valence-corrected chi connectivity index (χ2v) is 9.16. The summed E-state index contributed by atoms with van der Waals surface area (Å²) in [5.41, 5.74) is 2.09. The van der Waals surface area contributed by atoms with Gasteiger partial charge in [0.1, 0.15) is 5.75 Å². The van der Waals surface area contributed by atoms with Crippen LogP contribution < -0.4 is 14.2 Å². The maximum Gasteiger partial charge on any atom is 0.331 e. The van der Waals surface area contributed by atoms with Crippen molar-refractivity contribution in [1.29, 1.82) is 0 Å². The molecule has 2 aromatic rings. The Bertz CT molecular complexity index is 988. The maximum absolute atomic E-state index is 11.7. The fraction of sp³-hybridized carbons (Fsp3) is 0.500. The van der Waals surface area contributed by atoms with Crippen molar-refractivity contribution in [2.45, 2.75) is 65.7 Å². The molecule has 204 valence electrons. The first-order valence-electron chi connectivity index (χ1n) is 13.3. The first-order chi connectivity index (χ1) is 18.0. The standard InChI is InChI=1S/C30H41ClO6/c1-4-7-9-17-35-27-12-10-23(21-26(27)31)14-19-37-28-13-11-24(22-29(28)36-16-8-5-2)20-25(30(32)33)15-18-34-6-3/h10-13,20-22H,4-9,14-19H2,1-3H3,(H,32,33)/b25-20-. The highest BCUT2D eigenvalue weighted by Crippen LogP contribution is 2.31. The third-order valence-corrected chi connectivity index (χ3v) is 6.00. The topological polar surface area (TPSA) is 74.2 Å². The Morgan fingerprint density at radius 3 is 2.24 bits per heavy atom. The quantitative estimate of drug-likeness (QED) is 0.148. The minimum atomic E-state index is -0.954. The minimum Gasteiger partial charge on any atom is -0.492 e. The van der Waals surface area contributed by atoms with E-state index < -0.39 is 5.97 Å². The van der Waals surface area contributed by atoms with Crippen LogP contribution in [0.3, 0.4) is 0 Å². The highest BCUT2D eigenvalue weighted by atomic mass is 35.5. The molecule has 2 rings (SSSR count). The second kappa shape index (κ2) is 17.7. The zero-order valence-corrected chi connectivity index (χ0v) is 23.1. The number of halogens is 1.